The van der Waals surface area contributed by atoms with E-state index in [0.29, 0.717) is 0 Å². The lowest BCUT2D eigenvalue weighted by molar-refractivity contribution is 1.52. The maximum atomic E-state index is 3.99. The van der Waals surface area contributed by atoms with Gasteiger partial charge in [-0.2, -0.15) is 0 Å². The van der Waals surface area contributed by atoms with Crippen LogP contribution in [0.3, 0.4) is 0 Å². The largest absolute Gasteiger partial charge is 0.193 e. The Morgan fingerprint density at radius 1 is 0.880 bits per heavy atom. The summed E-state index contributed by atoms with van der Waals surface area (Å²) in [6.07, 6.45) is 3.85. The number of aryl methyl sites for hydroxylation is 1. The summed E-state index contributed by atoms with van der Waals surface area (Å²) in [4.78, 5) is 0. The van der Waals surface area contributed by atoms with E-state index in [1.165, 1.54) is 55.0 Å². The van der Waals surface area contributed by atoms with Gasteiger partial charge in [-0.3, -0.25) is 0 Å². The molecule has 2 radical (unpaired) electrons. The Morgan fingerprint density at radius 2 is 1.64 bits per heavy atom. The van der Waals surface area contributed by atoms with Crippen molar-refractivity contribution in [1.82, 2.24) is 0 Å². The topological polar surface area (TPSA) is 0 Å². The highest BCUT2D eigenvalue weighted by atomic mass is 14.2. The Balaban J connectivity index is 1.77. The third-order valence-electron chi connectivity index (χ3n) is 5.41. The van der Waals surface area contributed by atoms with Crippen molar-refractivity contribution in [2.75, 3.05) is 0 Å². The average Bonchev–Trinajstić information content (AvgIpc) is 3.17. The fraction of sp³-hybridized carbons (Fsp3) is 0.0435. The minimum atomic E-state index is 1.16. The molecule has 0 aliphatic carbocycles. The van der Waals surface area contributed by atoms with Gasteiger partial charge in [0.25, 0.3) is 0 Å². The molecule has 0 N–H and O–H groups in total. The van der Waals surface area contributed by atoms with Crippen LogP contribution in [0.2, 0.25) is 0 Å². The second kappa shape index (κ2) is 5.13. The first-order valence-corrected chi connectivity index (χ1v) is 8.61. The lowest BCUT2D eigenvalue weighted by atomic mass is 9.64. The fourth-order valence-corrected chi connectivity index (χ4v) is 4.30. The van der Waals surface area contributed by atoms with Crippen molar-refractivity contribution in [3.8, 4) is 11.1 Å². The second-order valence-electron chi connectivity index (χ2n) is 6.80. The SMILES string of the molecule is C=CC1=C(C=C)c2cc3c(cc2[B]1)-c1c(C)cc2ccccc2c1[B]3. The van der Waals surface area contributed by atoms with Crippen LogP contribution >= 0.6 is 0 Å². The number of fused-ring (bicyclic) bond motifs is 6. The molecule has 0 bridgehead atoms. The van der Waals surface area contributed by atoms with Crippen LogP contribution in [0.25, 0.3) is 27.5 Å². The first kappa shape index (κ1) is 14.6. The van der Waals surface area contributed by atoms with Crippen LogP contribution < -0.4 is 16.4 Å². The molecule has 5 rings (SSSR count). The number of benzene rings is 3. The molecular formula is C23H16B2. The second-order valence-corrected chi connectivity index (χ2v) is 6.80. The van der Waals surface area contributed by atoms with Gasteiger partial charge in [0.2, 0.25) is 0 Å². The maximum absolute atomic E-state index is 3.99. The summed E-state index contributed by atoms with van der Waals surface area (Å²) in [5, 5.41) is 2.64. The molecule has 2 heterocycles. The first-order chi connectivity index (χ1) is 12.2. The molecule has 0 amide bonds. The Hall–Kier alpha value is -2.73. The first-order valence-electron chi connectivity index (χ1n) is 8.61. The van der Waals surface area contributed by atoms with Gasteiger partial charge in [-0.15, -0.1) is 0 Å². The summed E-state index contributed by atoms with van der Waals surface area (Å²) in [6, 6.07) is 15.6. The van der Waals surface area contributed by atoms with E-state index in [-0.39, 0.29) is 0 Å². The fourth-order valence-electron chi connectivity index (χ4n) is 4.30. The molecule has 0 saturated heterocycles. The van der Waals surface area contributed by atoms with E-state index < -0.39 is 0 Å². The van der Waals surface area contributed by atoms with E-state index in [9.17, 15) is 0 Å². The van der Waals surface area contributed by atoms with Crippen molar-refractivity contribution in [3.63, 3.8) is 0 Å². The number of hydrogen-bond donors (Lipinski definition) is 0. The summed E-state index contributed by atoms with van der Waals surface area (Å²) >= 11 is 0. The van der Waals surface area contributed by atoms with E-state index in [2.05, 4.69) is 77.1 Å². The molecule has 2 aliphatic heterocycles. The van der Waals surface area contributed by atoms with Crippen molar-refractivity contribution >= 4 is 47.3 Å². The molecule has 0 atom stereocenters. The van der Waals surface area contributed by atoms with Gasteiger partial charge in [-0.1, -0.05) is 89.6 Å². The molecule has 0 fully saturated rings. The summed E-state index contributed by atoms with van der Waals surface area (Å²) in [5.74, 6) is 0. The Morgan fingerprint density at radius 3 is 2.44 bits per heavy atom. The minimum Gasteiger partial charge on any atom is -0.0996 e. The van der Waals surface area contributed by atoms with Gasteiger partial charge < -0.3 is 0 Å². The minimum absolute atomic E-state index is 1.16. The zero-order valence-electron chi connectivity index (χ0n) is 14.3. The zero-order valence-corrected chi connectivity index (χ0v) is 14.3. The summed E-state index contributed by atoms with van der Waals surface area (Å²) < 4.78 is 0. The highest BCUT2D eigenvalue weighted by molar-refractivity contribution is 6.77. The van der Waals surface area contributed by atoms with E-state index in [1.54, 1.807) is 0 Å². The molecule has 0 nitrogen and oxygen atoms in total. The van der Waals surface area contributed by atoms with Crippen molar-refractivity contribution in [1.29, 1.82) is 0 Å². The predicted molar refractivity (Wildman–Crippen MR) is 112 cm³/mol. The Bertz CT molecular complexity index is 1130. The van der Waals surface area contributed by atoms with Crippen LogP contribution in [-0.4, -0.2) is 14.6 Å². The Kier molecular flexibility index (Phi) is 3.00. The van der Waals surface area contributed by atoms with Crippen molar-refractivity contribution in [2.24, 2.45) is 0 Å². The quantitative estimate of drug-likeness (QED) is 0.499. The lowest BCUT2D eigenvalue weighted by Gasteiger charge is -2.12. The zero-order chi connectivity index (χ0) is 17.1. The van der Waals surface area contributed by atoms with Gasteiger partial charge in [0, 0.05) is 0 Å². The van der Waals surface area contributed by atoms with E-state index in [4.69, 9.17) is 0 Å². The van der Waals surface area contributed by atoms with Crippen LogP contribution in [0.15, 0.2) is 73.2 Å². The molecule has 0 spiro atoms. The van der Waals surface area contributed by atoms with Gasteiger partial charge in [-0.05, 0) is 45.5 Å². The number of hydrogen-bond acceptors (Lipinski definition) is 0. The molecule has 25 heavy (non-hydrogen) atoms. The van der Waals surface area contributed by atoms with Gasteiger partial charge in [0.05, 0.1) is 0 Å². The molecule has 2 heteroatoms. The monoisotopic (exact) mass is 314 g/mol. The molecule has 0 saturated carbocycles. The van der Waals surface area contributed by atoms with E-state index in [1.807, 2.05) is 12.2 Å². The van der Waals surface area contributed by atoms with Gasteiger partial charge in [0.15, 0.2) is 14.6 Å². The normalized spacial score (nSPS) is 13.8. The highest BCUT2D eigenvalue weighted by Crippen LogP contribution is 2.32. The number of rotatable bonds is 2. The van der Waals surface area contributed by atoms with Gasteiger partial charge >= 0.3 is 0 Å². The summed E-state index contributed by atoms with van der Waals surface area (Å²) in [6.45, 7) is 10.2. The van der Waals surface area contributed by atoms with Crippen LogP contribution in [0.1, 0.15) is 11.1 Å². The summed E-state index contributed by atoms with van der Waals surface area (Å²) in [5.41, 5.74) is 11.5. The smallest absolute Gasteiger partial charge is 0.0996 e. The maximum Gasteiger partial charge on any atom is 0.193 e. The molecule has 3 aromatic carbocycles. The third-order valence-corrected chi connectivity index (χ3v) is 5.41. The van der Waals surface area contributed by atoms with Gasteiger partial charge in [-0.25, -0.2) is 0 Å². The molecule has 0 aromatic heterocycles. The van der Waals surface area contributed by atoms with E-state index in [0.717, 1.165) is 5.47 Å². The predicted octanol–water partition coefficient (Wildman–Crippen LogP) is 3.21. The molecule has 114 valence electrons. The molecule has 2 aliphatic rings. The van der Waals surface area contributed by atoms with Crippen LogP contribution in [0.5, 0.6) is 0 Å². The van der Waals surface area contributed by atoms with Crippen LogP contribution in [0.4, 0.5) is 0 Å². The highest BCUT2D eigenvalue weighted by Gasteiger charge is 2.28. The molecule has 0 unspecified atom stereocenters. The van der Waals surface area contributed by atoms with Gasteiger partial charge in [0.1, 0.15) is 0 Å². The standard InChI is InChI=1S/C23H16B2/c1-4-15-17-11-21-18(12-20(17)24-19(15)5-2)22-13(3)10-14-8-6-7-9-16(14)23(22)25-21/h4-12H,1-2H2,3H3. The van der Waals surface area contributed by atoms with Crippen LogP contribution in [0, 0.1) is 6.92 Å². The van der Waals surface area contributed by atoms with E-state index >= 15 is 0 Å². The number of allylic oxidation sites excluding steroid dienone is 4. The Labute approximate surface area is 150 Å². The lowest BCUT2D eigenvalue weighted by Crippen LogP contribution is -2.24. The summed E-state index contributed by atoms with van der Waals surface area (Å²) in [7, 11) is 4.56. The van der Waals surface area contributed by atoms with Crippen LogP contribution in [-0.2, 0) is 0 Å². The third kappa shape index (κ3) is 1.91. The molecular weight excluding hydrogens is 298 g/mol. The van der Waals surface area contributed by atoms with Crippen molar-refractivity contribution < 1.29 is 0 Å². The van der Waals surface area contributed by atoms with Crippen molar-refractivity contribution in [2.45, 2.75) is 6.92 Å². The average molecular weight is 314 g/mol. The molecule has 3 aromatic rings. The van der Waals surface area contributed by atoms with Crippen molar-refractivity contribution in [3.05, 3.63) is 84.4 Å².